The van der Waals surface area contributed by atoms with Gasteiger partial charge in [-0.1, -0.05) is 25.5 Å². The summed E-state index contributed by atoms with van der Waals surface area (Å²) in [7, 11) is 0. The number of hydrogen-bond acceptors (Lipinski definition) is 3. The van der Waals surface area contributed by atoms with Crippen LogP contribution in [0.1, 0.15) is 34.1 Å². The van der Waals surface area contributed by atoms with E-state index in [0.29, 0.717) is 23.4 Å². The predicted octanol–water partition coefficient (Wildman–Crippen LogP) is 2.24. The van der Waals surface area contributed by atoms with Gasteiger partial charge in [0, 0.05) is 6.54 Å². The van der Waals surface area contributed by atoms with Crippen LogP contribution in [0.4, 0.5) is 0 Å². The third-order valence-electron chi connectivity index (χ3n) is 3.15. The van der Waals surface area contributed by atoms with Crippen LogP contribution in [-0.4, -0.2) is 29.0 Å². The highest BCUT2D eigenvalue weighted by atomic mass is 32.1. The molecule has 0 aromatic heterocycles. The molecule has 3 nitrogen and oxygen atoms in total. The van der Waals surface area contributed by atoms with Gasteiger partial charge in [-0.3, -0.25) is 14.5 Å². The van der Waals surface area contributed by atoms with Gasteiger partial charge in [0.25, 0.3) is 11.8 Å². The van der Waals surface area contributed by atoms with Crippen molar-refractivity contribution in [3.05, 3.63) is 35.4 Å². The third-order valence-corrected chi connectivity index (χ3v) is 3.67. The van der Waals surface area contributed by atoms with Crippen LogP contribution in [0.2, 0.25) is 0 Å². The molecule has 1 aliphatic heterocycles. The van der Waals surface area contributed by atoms with Crippen LogP contribution in [0.25, 0.3) is 0 Å². The number of fused-ring (bicyclic) bond motifs is 1. The van der Waals surface area contributed by atoms with Crippen LogP contribution in [0.15, 0.2) is 24.3 Å². The van der Waals surface area contributed by atoms with Gasteiger partial charge >= 0.3 is 0 Å². The highest BCUT2D eigenvalue weighted by Gasteiger charge is 2.35. The van der Waals surface area contributed by atoms with Crippen molar-refractivity contribution in [2.24, 2.45) is 5.92 Å². The van der Waals surface area contributed by atoms with Crippen molar-refractivity contribution in [3.63, 3.8) is 0 Å². The standard InChI is InChI=1S/C13H15NO2S/c1-2-9(8-17)7-14-12(15)10-5-3-4-6-11(10)13(14)16/h3-6,9,17H,2,7-8H2,1H3. The summed E-state index contributed by atoms with van der Waals surface area (Å²) in [6.45, 7) is 2.51. The summed E-state index contributed by atoms with van der Waals surface area (Å²) in [4.78, 5) is 25.5. The molecule has 1 aliphatic rings. The lowest BCUT2D eigenvalue weighted by molar-refractivity contribution is 0.0633. The average Bonchev–Trinajstić information content (AvgIpc) is 2.61. The van der Waals surface area contributed by atoms with E-state index in [1.54, 1.807) is 24.3 Å². The second-order valence-electron chi connectivity index (χ2n) is 4.22. The van der Waals surface area contributed by atoms with E-state index in [0.717, 1.165) is 6.42 Å². The maximum Gasteiger partial charge on any atom is 0.261 e. The Balaban J connectivity index is 2.24. The molecule has 1 aromatic rings. The molecule has 4 heteroatoms. The molecule has 1 unspecified atom stereocenters. The van der Waals surface area contributed by atoms with Crippen molar-refractivity contribution >= 4 is 24.4 Å². The quantitative estimate of drug-likeness (QED) is 0.656. The summed E-state index contributed by atoms with van der Waals surface area (Å²) in [5.41, 5.74) is 1.04. The molecule has 1 atom stereocenters. The van der Waals surface area contributed by atoms with E-state index >= 15 is 0 Å². The summed E-state index contributed by atoms with van der Waals surface area (Å²) in [6.07, 6.45) is 0.914. The van der Waals surface area contributed by atoms with Crippen molar-refractivity contribution in [3.8, 4) is 0 Å². The first-order chi connectivity index (χ1) is 8.19. The van der Waals surface area contributed by atoms with Crippen molar-refractivity contribution < 1.29 is 9.59 Å². The molecule has 0 aliphatic carbocycles. The van der Waals surface area contributed by atoms with Crippen molar-refractivity contribution in [2.75, 3.05) is 12.3 Å². The maximum absolute atomic E-state index is 12.1. The van der Waals surface area contributed by atoms with E-state index in [4.69, 9.17) is 0 Å². The summed E-state index contributed by atoms with van der Waals surface area (Å²) >= 11 is 4.24. The van der Waals surface area contributed by atoms with E-state index in [2.05, 4.69) is 12.6 Å². The monoisotopic (exact) mass is 249 g/mol. The Labute approximate surface area is 106 Å². The molecule has 2 amide bonds. The number of imide groups is 1. The number of nitrogens with zero attached hydrogens (tertiary/aromatic N) is 1. The smallest absolute Gasteiger partial charge is 0.261 e. The molecule has 0 saturated heterocycles. The summed E-state index contributed by atoms with van der Waals surface area (Å²) < 4.78 is 0. The Morgan fingerprint density at radius 3 is 2.12 bits per heavy atom. The Morgan fingerprint density at radius 1 is 1.18 bits per heavy atom. The Morgan fingerprint density at radius 2 is 1.71 bits per heavy atom. The van der Waals surface area contributed by atoms with E-state index in [-0.39, 0.29) is 17.7 Å². The van der Waals surface area contributed by atoms with Crippen LogP contribution in [0.3, 0.4) is 0 Å². The summed E-state index contributed by atoms with van der Waals surface area (Å²) in [5.74, 6) is 0.599. The van der Waals surface area contributed by atoms with E-state index < -0.39 is 0 Å². The molecule has 17 heavy (non-hydrogen) atoms. The molecule has 0 radical (unpaired) electrons. The van der Waals surface area contributed by atoms with Gasteiger partial charge in [0.15, 0.2) is 0 Å². The summed E-state index contributed by atoms with van der Waals surface area (Å²) in [6, 6.07) is 6.97. The van der Waals surface area contributed by atoms with Crippen molar-refractivity contribution in [2.45, 2.75) is 13.3 Å². The predicted molar refractivity (Wildman–Crippen MR) is 69.4 cm³/mol. The summed E-state index contributed by atoms with van der Waals surface area (Å²) in [5, 5.41) is 0. The van der Waals surface area contributed by atoms with Gasteiger partial charge in [0.05, 0.1) is 11.1 Å². The van der Waals surface area contributed by atoms with Crippen molar-refractivity contribution in [1.82, 2.24) is 4.90 Å². The van der Waals surface area contributed by atoms with E-state index in [1.165, 1.54) is 4.90 Å². The fourth-order valence-electron chi connectivity index (χ4n) is 1.98. The van der Waals surface area contributed by atoms with Gasteiger partial charge in [0.1, 0.15) is 0 Å². The number of rotatable bonds is 4. The second kappa shape index (κ2) is 4.92. The minimum Gasteiger partial charge on any atom is -0.274 e. The SMILES string of the molecule is CCC(CS)CN1C(=O)c2ccccc2C1=O. The normalized spacial score (nSPS) is 16.2. The highest BCUT2D eigenvalue weighted by molar-refractivity contribution is 7.80. The number of benzene rings is 1. The van der Waals surface area contributed by atoms with E-state index in [9.17, 15) is 9.59 Å². The third kappa shape index (κ3) is 2.09. The van der Waals surface area contributed by atoms with Gasteiger partial charge < -0.3 is 0 Å². The molecule has 0 saturated carbocycles. The highest BCUT2D eigenvalue weighted by Crippen LogP contribution is 2.24. The lowest BCUT2D eigenvalue weighted by Gasteiger charge is -2.19. The van der Waals surface area contributed by atoms with Gasteiger partial charge in [-0.25, -0.2) is 0 Å². The molecule has 0 bridgehead atoms. The van der Waals surface area contributed by atoms with Gasteiger partial charge in [-0.15, -0.1) is 0 Å². The molecule has 90 valence electrons. The van der Waals surface area contributed by atoms with E-state index in [1.807, 2.05) is 6.92 Å². The first-order valence-corrected chi connectivity index (χ1v) is 6.38. The van der Waals surface area contributed by atoms with Gasteiger partial charge in [0.2, 0.25) is 0 Å². The number of hydrogen-bond donors (Lipinski definition) is 1. The minimum atomic E-state index is -0.175. The van der Waals surface area contributed by atoms with Crippen LogP contribution < -0.4 is 0 Å². The molecule has 1 aromatic carbocycles. The molecule has 2 rings (SSSR count). The molecular weight excluding hydrogens is 234 g/mol. The molecule has 0 N–H and O–H groups in total. The zero-order chi connectivity index (χ0) is 12.4. The average molecular weight is 249 g/mol. The Hall–Kier alpha value is -1.29. The first-order valence-electron chi connectivity index (χ1n) is 5.75. The number of carbonyl (C=O) groups is 2. The Kier molecular flexibility index (Phi) is 3.52. The second-order valence-corrected chi connectivity index (χ2v) is 4.59. The molecule has 0 fully saturated rings. The fourth-order valence-corrected chi connectivity index (χ4v) is 2.35. The largest absolute Gasteiger partial charge is 0.274 e. The lowest BCUT2D eigenvalue weighted by Crippen LogP contribution is -2.35. The molecule has 1 heterocycles. The van der Waals surface area contributed by atoms with Crippen molar-refractivity contribution in [1.29, 1.82) is 0 Å². The topological polar surface area (TPSA) is 37.4 Å². The fraction of sp³-hybridized carbons (Fsp3) is 0.385. The minimum absolute atomic E-state index is 0.175. The maximum atomic E-state index is 12.1. The number of thiol groups is 1. The molecule has 0 spiro atoms. The van der Waals surface area contributed by atoms with Gasteiger partial charge in [-0.05, 0) is 23.8 Å². The van der Waals surface area contributed by atoms with Crippen LogP contribution in [0.5, 0.6) is 0 Å². The number of carbonyl (C=O) groups excluding carboxylic acids is 2. The first kappa shape index (κ1) is 12.2. The molecular formula is C13H15NO2S. The van der Waals surface area contributed by atoms with Crippen LogP contribution >= 0.6 is 12.6 Å². The number of amides is 2. The Bertz CT molecular complexity index is 419. The zero-order valence-electron chi connectivity index (χ0n) is 9.72. The van der Waals surface area contributed by atoms with Crippen LogP contribution in [-0.2, 0) is 0 Å². The van der Waals surface area contributed by atoms with Crippen LogP contribution in [0, 0.1) is 5.92 Å². The lowest BCUT2D eigenvalue weighted by atomic mass is 10.1. The zero-order valence-corrected chi connectivity index (χ0v) is 10.6. The van der Waals surface area contributed by atoms with Gasteiger partial charge in [-0.2, -0.15) is 12.6 Å².